The molecule has 0 saturated heterocycles. The van der Waals surface area contributed by atoms with E-state index in [0.29, 0.717) is 11.6 Å². The molecule has 0 fully saturated rings. The van der Waals surface area contributed by atoms with Gasteiger partial charge in [0.15, 0.2) is 11.6 Å². The normalized spacial score (nSPS) is 15.9. The number of sulfonamides is 1. The van der Waals surface area contributed by atoms with Crippen molar-refractivity contribution in [2.45, 2.75) is 17.9 Å². The fourth-order valence-corrected chi connectivity index (χ4v) is 4.24. The average Bonchev–Trinajstić information content (AvgIpc) is 2.67. The maximum atomic E-state index is 14.1. The maximum Gasteiger partial charge on any atom is 0.336 e. The summed E-state index contributed by atoms with van der Waals surface area (Å²) in [4.78, 5) is 23.5. The number of rotatable bonds is 5. The minimum Gasteiger partial charge on any atom is -0.480 e. The van der Waals surface area contributed by atoms with Crippen LogP contribution >= 0.6 is 0 Å². The highest BCUT2D eigenvalue weighted by Crippen LogP contribution is 2.33. The second-order valence-corrected chi connectivity index (χ2v) is 7.76. The molecule has 0 spiro atoms. The van der Waals surface area contributed by atoms with E-state index in [9.17, 15) is 26.8 Å². The number of amides is 3. The number of carbonyl (C=O) groups excluding carboxylic acids is 2. The van der Waals surface area contributed by atoms with Gasteiger partial charge in [-0.2, -0.15) is 5.10 Å². The molecular weight excluding hydrogens is 412 g/mol. The van der Waals surface area contributed by atoms with Gasteiger partial charge in [-0.05, 0) is 25.1 Å². The highest BCUT2D eigenvalue weighted by atomic mass is 32.2. The third-order valence-electron chi connectivity index (χ3n) is 4.11. The van der Waals surface area contributed by atoms with Crippen LogP contribution in [0, 0.1) is 11.6 Å². The number of ether oxygens (including phenoxy) is 1. The van der Waals surface area contributed by atoms with Crippen LogP contribution in [0.2, 0.25) is 0 Å². The van der Waals surface area contributed by atoms with Crippen molar-refractivity contribution < 1.29 is 31.5 Å². The zero-order valence-electron chi connectivity index (χ0n) is 15.1. The monoisotopic (exact) mass is 427 g/mol. The van der Waals surface area contributed by atoms with Crippen LogP contribution in [0.3, 0.4) is 0 Å². The summed E-state index contributed by atoms with van der Waals surface area (Å²) in [5, 5.41) is 12.0. The van der Waals surface area contributed by atoms with E-state index in [1.165, 1.54) is 19.4 Å². The molecule has 29 heavy (non-hydrogen) atoms. The lowest BCUT2D eigenvalue weighted by Gasteiger charge is -2.29. The largest absolute Gasteiger partial charge is 0.480 e. The Hall–Kier alpha value is -3.35. The van der Waals surface area contributed by atoms with Crippen molar-refractivity contribution in [3.63, 3.8) is 0 Å². The number of nitrogens with one attached hydrogen (secondary N) is 2. The lowest BCUT2D eigenvalue weighted by Crippen LogP contribution is -2.49. The van der Waals surface area contributed by atoms with Crippen LogP contribution in [-0.4, -0.2) is 48.5 Å². The molecule has 1 atom stereocenters. The summed E-state index contributed by atoms with van der Waals surface area (Å²) in [6, 6.07) is 1.30. The van der Waals surface area contributed by atoms with Gasteiger partial charge in [-0.15, -0.1) is 5.10 Å². The molecule has 2 heterocycles. The van der Waals surface area contributed by atoms with Crippen molar-refractivity contribution in [3.8, 4) is 5.88 Å². The molecule has 1 aliphatic rings. The molecule has 0 saturated carbocycles. The number of hydrogen-bond donors (Lipinski definition) is 2. The lowest BCUT2D eigenvalue weighted by molar-refractivity contribution is -0.121. The van der Waals surface area contributed by atoms with Crippen LogP contribution in [0.25, 0.3) is 0 Å². The number of fused-ring (bicyclic) bond motifs is 1. The van der Waals surface area contributed by atoms with Crippen LogP contribution in [-0.2, 0) is 14.8 Å². The van der Waals surface area contributed by atoms with Gasteiger partial charge in [0, 0.05) is 5.56 Å². The Bertz CT molecular complexity index is 1100. The van der Waals surface area contributed by atoms with Gasteiger partial charge in [-0.3, -0.25) is 4.79 Å². The van der Waals surface area contributed by atoms with E-state index in [1.807, 2.05) is 0 Å². The topological polar surface area (TPSA) is 131 Å². The molecule has 3 rings (SSSR count). The van der Waals surface area contributed by atoms with E-state index >= 15 is 0 Å². The molecule has 13 heteroatoms. The molecule has 0 aliphatic carbocycles. The Morgan fingerprint density at radius 3 is 2.76 bits per heavy atom. The number of nitrogens with zero attached hydrogens (tertiary/aromatic N) is 3. The van der Waals surface area contributed by atoms with Crippen molar-refractivity contribution in [2.75, 3.05) is 19.0 Å². The van der Waals surface area contributed by atoms with E-state index in [0.717, 1.165) is 6.07 Å². The molecular formula is C16H15F2N5O5S. The van der Waals surface area contributed by atoms with Gasteiger partial charge in [0.25, 0.3) is 10.0 Å². The zero-order valence-corrected chi connectivity index (χ0v) is 16.0. The maximum absolute atomic E-state index is 14.1. The molecule has 1 aromatic carbocycles. The Labute approximate surface area is 163 Å². The minimum absolute atomic E-state index is 0.127. The fraction of sp³-hybridized carbons (Fsp3) is 0.250. The summed E-state index contributed by atoms with van der Waals surface area (Å²) >= 11 is 0. The molecule has 0 unspecified atom stereocenters. The predicted molar refractivity (Wildman–Crippen MR) is 94.4 cm³/mol. The summed E-state index contributed by atoms with van der Waals surface area (Å²) in [6.45, 7) is 0.626. The van der Waals surface area contributed by atoms with Gasteiger partial charge < -0.3 is 15.4 Å². The van der Waals surface area contributed by atoms with Gasteiger partial charge >= 0.3 is 6.03 Å². The number of benzene rings is 1. The van der Waals surface area contributed by atoms with E-state index < -0.39 is 56.8 Å². The summed E-state index contributed by atoms with van der Waals surface area (Å²) in [5.74, 6) is -3.77. The highest BCUT2D eigenvalue weighted by molar-refractivity contribution is 7.90. The van der Waals surface area contributed by atoms with Crippen LogP contribution in [0.4, 0.5) is 19.3 Å². The molecule has 0 bridgehead atoms. The number of carbonyl (C=O) groups is 2. The Balaban J connectivity index is 1.83. The number of hydrogen-bond acceptors (Lipinski definition) is 7. The van der Waals surface area contributed by atoms with Crippen molar-refractivity contribution >= 4 is 27.6 Å². The molecule has 1 aliphatic heterocycles. The summed E-state index contributed by atoms with van der Waals surface area (Å²) in [5.41, 5.74) is 0.0480. The van der Waals surface area contributed by atoms with Gasteiger partial charge in [0.1, 0.15) is 11.4 Å². The van der Waals surface area contributed by atoms with E-state index in [1.54, 1.807) is 6.92 Å². The fourth-order valence-electron chi connectivity index (χ4n) is 2.75. The van der Waals surface area contributed by atoms with E-state index in [-0.39, 0.29) is 10.2 Å². The highest BCUT2D eigenvalue weighted by Gasteiger charge is 2.41. The zero-order chi connectivity index (χ0) is 21.3. The van der Waals surface area contributed by atoms with E-state index in [4.69, 9.17) is 4.74 Å². The van der Waals surface area contributed by atoms with Gasteiger partial charge in [-0.1, -0.05) is 0 Å². The SMILES string of the molecule is COc1nnccc1[C@H](C)NC(=O)CN1C(=O)Nc2ccc(F)c(F)c2S1(=O)=O. The summed E-state index contributed by atoms with van der Waals surface area (Å²) in [6.07, 6.45) is 1.37. The third-order valence-corrected chi connectivity index (χ3v) is 5.90. The first-order valence-corrected chi connectivity index (χ1v) is 9.57. The molecule has 154 valence electrons. The molecule has 0 radical (unpaired) electrons. The van der Waals surface area contributed by atoms with Crippen molar-refractivity contribution in [3.05, 3.63) is 41.6 Å². The van der Waals surface area contributed by atoms with Crippen LogP contribution in [0.15, 0.2) is 29.3 Å². The molecule has 2 N–H and O–H groups in total. The molecule has 3 amide bonds. The van der Waals surface area contributed by atoms with Gasteiger partial charge in [-0.25, -0.2) is 26.3 Å². The molecule has 10 nitrogen and oxygen atoms in total. The van der Waals surface area contributed by atoms with Crippen LogP contribution in [0.1, 0.15) is 18.5 Å². The summed E-state index contributed by atoms with van der Waals surface area (Å²) < 4.78 is 58.0. The average molecular weight is 427 g/mol. The predicted octanol–water partition coefficient (Wildman–Crippen LogP) is 1.18. The Morgan fingerprint density at radius 2 is 2.07 bits per heavy atom. The first-order valence-electron chi connectivity index (χ1n) is 8.13. The lowest BCUT2D eigenvalue weighted by atomic mass is 10.1. The van der Waals surface area contributed by atoms with Crippen LogP contribution in [0.5, 0.6) is 5.88 Å². The molecule has 1 aromatic heterocycles. The van der Waals surface area contributed by atoms with Gasteiger partial charge in [0.2, 0.25) is 11.8 Å². The second kappa shape index (κ2) is 7.58. The smallest absolute Gasteiger partial charge is 0.336 e. The Kier molecular flexibility index (Phi) is 5.33. The second-order valence-electron chi connectivity index (χ2n) is 5.96. The van der Waals surface area contributed by atoms with Crippen molar-refractivity contribution in [1.82, 2.24) is 19.8 Å². The van der Waals surface area contributed by atoms with E-state index in [2.05, 4.69) is 20.8 Å². The quantitative estimate of drug-likeness (QED) is 0.733. The molecule has 2 aromatic rings. The minimum atomic E-state index is -4.80. The first kappa shape index (κ1) is 20.4. The number of aromatic nitrogens is 2. The van der Waals surface area contributed by atoms with Gasteiger partial charge in [0.05, 0.1) is 25.0 Å². The van der Waals surface area contributed by atoms with Crippen molar-refractivity contribution in [1.29, 1.82) is 0 Å². The van der Waals surface area contributed by atoms with Crippen LogP contribution < -0.4 is 15.4 Å². The number of anilines is 1. The number of halogens is 2. The van der Waals surface area contributed by atoms with Crippen molar-refractivity contribution in [2.24, 2.45) is 0 Å². The third kappa shape index (κ3) is 3.68. The number of urea groups is 1. The Morgan fingerprint density at radius 1 is 1.34 bits per heavy atom. The number of methoxy groups -OCH3 is 1. The standard InChI is InChI=1S/C16H15F2N5O5S/c1-8(9-5-6-19-22-15(9)28-2)20-12(24)7-23-16(25)21-11-4-3-10(17)13(18)14(11)29(23,26)27/h3-6,8H,7H2,1-2H3,(H,20,24)(H,21,25)/t8-/m0/s1. The first-order chi connectivity index (χ1) is 13.7. The summed E-state index contributed by atoms with van der Waals surface area (Å²) in [7, 11) is -3.44.